The van der Waals surface area contributed by atoms with Crippen molar-refractivity contribution in [2.45, 2.75) is 39.0 Å². The molecule has 2 aliphatic heterocycles. The highest BCUT2D eigenvalue weighted by atomic mass is 16.7. The predicted molar refractivity (Wildman–Crippen MR) is 89.6 cm³/mol. The van der Waals surface area contributed by atoms with Gasteiger partial charge in [-0.1, -0.05) is 19.4 Å². The summed E-state index contributed by atoms with van der Waals surface area (Å²) in [5.74, 6) is 1.36. The number of rotatable bonds is 5. The number of ether oxygens (including phenoxy) is 3. The molecule has 1 unspecified atom stereocenters. The summed E-state index contributed by atoms with van der Waals surface area (Å²) in [4.78, 5) is 12.2. The normalized spacial score (nSPS) is 18.0. The Morgan fingerprint density at radius 3 is 3.08 bits per heavy atom. The van der Waals surface area contributed by atoms with Crippen molar-refractivity contribution < 1.29 is 19.0 Å². The van der Waals surface area contributed by atoms with Crippen LogP contribution >= 0.6 is 0 Å². The molecule has 0 spiro atoms. The summed E-state index contributed by atoms with van der Waals surface area (Å²) in [6.45, 7) is 4.01. The maximum atomic E-state index is 12.2. The van der Waals surface area contributed by atoms with Crippen LogP contribution in [-0.4, -0.2) is 29.0 Å². The van der Waals surface area contributed by atoms with E-state index in [0.29, 0.717) is 25.4 Å². The van der Waals surface area contributed by atoms with Crippen molar-refractivity contribution in [2.75, 3.05) is 13.3 Å². The summed E-state index contributed by atoms with van der Waals surface area (Å²) in [7, 11) is 0. The third-order valence-corrected chi connectivity index (χ3v) is 4.45. The fourth-order valence-corrected chi connectivity index (χ4v) is 3.02. The smallest absolute Gasteiger partial charge is 0.271 e. The molecule has 1 aromatic carbocycles. The van der Waals surface area contributed by atoms with Gasteiger partial charge in [-0.25, -0.2) is 0 Å². The van der Waals surface area contributed by atoms with E-state index in [9.17, 15) is 4.79 Å². The fraction of sp³-hybridized carbons (Fsp3) is 0.444. The van der Waals surface area contributed by atoms with E-state index < -0.39 is 0 Å². The summed E-state index contributed by atoms with van der Waals surface area (Å²) >= 11 is 0. The van der Waals surface area contributed by atoms with Crippen molar-refractivity contribution in [3.8, 4) is 11.5 Å². The SMILES string of the molecule is CCCCNC(=O)c1cc2n(n1)CC(c1ccc3c(c1)OCO3)OC2. The van der Waals surface area contributed by atoms with E-state index in [1.54, 1.807) is 6.07 Å². The fourth-order valence-electron chi connectivity index (χ4n) is 3.02. The zero-order valence-electron chi connectivity index (χ0n) is 14.2. The second kappa shape index (κ2) is 6.76. The van der Waals surface area contributed by atoms with Gasteiger partial charge in [0.2, 0.25) is 6.79 Å². The van der Waals surface area contributed by atoms with Gasteiger partial charge in [0, 0.05) is 6.54 Å². The Morgan fingerprint density at radius 2 is 2.20 bits per heavy atom. The predicted octanol–water partition coefficient (Wildman–Crippen LogP) is 2.41. The molecular formula is C18H21N3O4. The van der Waals surface area contributed by atoms with E-state index in [1.165, 1.54) is 0 Å². The van der Waals surface area contributed by atoms with Gasteiger partial charge in [0.15, 0.2) is 17.2 Å². The minimum atomic E-state index is -0.130. The van der Waals surface area contributed by atoms with Gasteiger partial charge in [-0.05, 0) is 30.2 Å². The van der Waals surface area contributed by atoms with Crippen LogP contribution < -0.4 is 14.8 Å². The highest BCUT2D eigenvalue weighted by Gasteiger charge is 2.25. The molecular weight excluding hydrogens is 322 g/mol. The number of aromatic nitrogens is 2. The first-order chi connectivity index (χ1) is 12.2. The lowest BCUT2D eigenvalue weighted by Gasteiger charge is -2.24. The molecule has 3 heterocycles. The number of nitrogens with one attached hydrogen (secondary N) is 1. The Hall–Kier alpha value is -2.54. The number of hydrogen-bond donors (Lipinski definition) is 1. The molecule has 0 fully saturated rings. The molecule has 2 aromatic rings. The maximum Gasteiger partial charge on any atom is 0.271 e. The molecule has 132 valence electrons. The minimum absolute atomic E-state index is 0.127. The Kier molecular flexibility index (Phi) is 4.31. The van der Waals surface area contributed by atoms with E-state index in [-0.39, 0.29) is 18.8 Å². The summed E-state index contributed by atoms with van der Waals surface area (Å²) in [5, 5.41) is 7.34. The van der Waals surface area contributed by atoms with Crippen molar-refractivity contribution >= 4 is 5.91 Å². The lowest BCUT2D eigenvalue weighted by molar-refractivity contribution is -0.00128. The zero-order chi connectivity index (χ0) is 17.2. The molecule has 1 aromatic heterocycles. The molecule has 2 aliphatic rings. The first kappa shape index (κ1) is 16.0. The monoisotopic (exact) mass is 343 g/mol. The molecule has 1 amide bonds. The summed E-state index contributed by atoms with van der Waals surface area (Å²) < 4.78 is 18.6. The van der Waals surface area contributed by atoms with Crippen molar-refractivity contribution in [1.82, 2.24) is 15.1 Å². The maximum absolute atomic E-state index is 12.2. The van der Waals surface area contributed by atoms with Crippen molar-refractivity contribution in [2.24, 2.45) is 0 Å². The molecule has 4 rings (SSSR count). The van der Waals surface area contributed by atoms with E-state index in [4.69, 9.17) is 14.2 Å². The molecule has 0 saturated carbocycles. The van der Waals surface area contributed by atoms with Crippen LogP contribution in [0.5, 0.6) is 11.5 Å². The van der Waals surface area contributed by atoms with Gasteiger partial charge >= 0.3 is 0 Å². The Morgan fingerprint density at radius 1 is 1.32 bits per heavy atom. The van der Waals surface area contributed by atoms with E-state index in [2.05, 4.69) is 17.3 Å². The number of nitrogens with zero attached hydrogens (tertiary/aromatic N) is 2. The van der Waals surface area contributed by atoms with E-state index in [1.807, 2.05) is 22.9 Å². The van der Waals surface area contributed by atoms with Gasteiger partial charge in [0.1, 0.15) is 6.10 Å². The standard InChI is InChI=1S/C18H21N3O4/c1-2-3-6-19-18(22)14-8-13-10-23-17(9-21(13)20-14)12-4-5-15-16(7-12)25-11-24-15/h4-5,7-8,17H,2-3,6,9-11H2,1H3,(H,19,22). The van der Waals surface area contributed by atoms with Crippen molar-refractivity contribution in [1.29, 1.82) is 0 Å². The van der Waals surface area contributed by atoms with Crippen LogP contribution in [0.4, 0.5) is 0 Å². The van der Waals surface area contributed by atoms with Gasteiger partial charge in [0.25, 0.3) is 5.91 Å². The first-order valence-corrected chi connectivity index (χ1v) is 8.60. The van der Waals surface area contributed by atoms with Gasteiger partial charge in [-0.2, -0.15) is 5.10 Å². The molecule has 1 N–H and O–H groups in total. The molecule has 0 saturated heterocycles. The van der Waals surface area contributed by atoms with Crippen LogP contribution in [0.2, 0.25) is 0 Å². The average Bonchev–Trinajstić information content (AvgIpc) is 3.27. The number of fused-ring (bicyclic) bond motifs is 2. The molecule has 0 radical (unpaired) electrons. The molecule has 0 bridgehead atoms. The van der Waals surface area contributed by atoms with Crippen molar-refractivity contribution in [3.63, 3.8) is 0 Å². The Labute approximate surface area is 145 Å². The van der Waals surface area contributed by atoms with Crippen molar-refractivity contribution in [3.05, 3.63) is 41.2 Å². The average molecular weight is 343 g/mol. The summed E-state index contributed by atoms with van der Waals surface area (Å²) in [6.07, 6.45) is 1.89. The van der Waals surface area contributed by atoms with Crippen LogP contribution in [0, 0.1) is 0 Å². The number of unbranched alkanes of at least 4 members (excludes halogenated alkanes) is 1. The lowest BCUT2D eigenvalue weighted by atomic mass is 10.1. The molecule has 0 aliphatic carbocycles. The summed E-state index contributed by atoms with van der Waals surface area (Å²) in [5.41, 5.74) is 2.37. The topological polar surface area (TPSA) is 74.6 Å². The lowest BCUT2D eigenvalue weighted by Crippen LogP contribution is -2.25. The molecule has 25 heavy (non-hydrogen) atoms. The third kappa shape index (κ3) is 3.19. The zero-order valence-corrected chi connectivity index (χ0v) is 14.2. The molecule has 1 atom stereocenters. The number of hydrogen-bond acceptors (Lipinski definition) is 5. The second-order valence-corrected chi connectivity index (χ2v) is 6.22. The van der Waals surface area contributed by atoms with Gasteiger partial charge in [-0.15, -0.1) is 0 Å². The third-order valence-electron chi connectivity index (χ3n) is 4.45. The highest BCUT2D eigenvalue weighted by Crippen LogP contribution is 2.36. The first-order valence-electron chi connectivity index (χ1n) is 8.60. The number of carbonyl (C=O) groups excluding carboxylic acids is 1. The number of amides is 1. The van der Waals surface area contributed by atoms with Gasteiger partial charge < -0.3 is 19.5 Å². The van der Waals surface area contributed by atoms with E-state index >= 15 is 0 Å². The van der Waals surface area contributed by atoms with Gasteiger partial charge in [0.05, 0.1) is 18.8 Å². The molecule has 7 heteroatoms. The number of carbonyl (C=O) groups is 1. The van der Waals surface area contributed by atoms with Crippen LogP contribution in [0.3, 0.4) is 0 Å². The van der Waals surface area contributed by atoms with E-state index in [0.717, 1.165) is 35.6 Å². The Bertz CT molecular complexity index is 787. The van der Waals surface area contributed by atoms with Crippen LogP contribution in [0.15, 0.2) is 24.3 Å². The summed E-state index contributed by atoms with van der Waals surface area (Å²) in [6, 6.07) is 7.62. The Balaban J connectivity index is 1.47. The van der Waals surface area contributed by atoms with Crippen LogP contribution in [0.25, 0.3) is 0 Å². The van der Waals surface area contributed by atoms with Crippen LogP contribution in [-0.2, 0) is 17.9 Å². The minimum Gasteiger partial charge on any atom is -0.454 e. The quantitative estimate of drug-likeness (QED) is 0.844. The van der Waals surface area contributed by atoms with Gasteiger partial charge in [-0.3, -0.25) is 9.48 Å². The highest BCUT2D eigenvalue weighted by molar-refractivity contribution is 5.92. The van der Waals surface area contributed by atoms with Crippen LogP contribution in [0.1, 0.15) is 47.6 Å². The largest absolute Gasteiger partial charge is 0.454 e. The second-order valence-electron chi connectivity index (χ2n) is 6.22. The molecule has 7 nitrogen and oxygen atoms in total. The number of benzene rings is 1.